The Morgan fingerprint density at radius 3 is 2.79 bits per heavy atom. The summed E-state index contributed by atoms with van der Waals surface area (Å²) >= 11 is 0. The molecule has 3 N–H and O–H groups in total. The van der Waals surface area contributed by atoms with E-state index in [9.17, 15) is 15.3 Å². The predicted octanol–water partition coefficient (Wildman–Crippen LogP) is 0.867. The van der Waals surface area contributed by atoms with E-state index in [2.05, 4.69) is 21.8 Å². The topological polar surface area (TPSA) is 80.1 Å². The highest BCUT2D eigenvalue weighted by atomic mass is 16.3. The van der Waals surface area contributed by atoms with Gasteiger partial charge in [0, 0.05) is 41.9 Å². The first-order chi connectivity index (χ1) is 11.5. The lowest BCUT2D eigenvalue weighted by molar-refractivity contribution is -0.0686. The highest BCUT2D eigenvalue weighted by molar-refractivity contribution is 5.40. The van der Waals surface area contributed by atoms with Crippen LogP contribution in [0.5, 0.6) is 5.75 Å². The molecule has 0 aromatic carbocycles. The van der Waals surface area contributed by atoms with Crippen LogP contribution < -0.4 is 0 Å². The van der Waals surface area contributed by atoms with E-state index < -0.39 is 0 Å². The van der Waals surface area contributed by atoms with E-state index in [1.807, 2.05) is 0 Å². The van der Waals surface area contributed by atoms with Crippen molar-refractivity contribution in [2.45, 2.75) is 45.4 Å². The number of aliphatic hydroxyl groups excluding tert-OH is 2. The first-order valence-corrected chi connectivity index (χ1v) is 8.81. The monoisotopic (exact) mass is 335 g/mol. The number of hydrogen-bond acceptors (Lipinski definition) is 6. The van der Waals surface area contributed by atoms with Crippen molar-refractivity contribution in [1.29, 1.82) is 0 Å². The van der Waals surface area contributed by atoms with Gasteiger partial charge in [0.15, 0.2) is 0 Å². The average Bonchev–Trinajstić information content (AvgIpc) is 2.60. The molecule has 2 aliphatic rings. The largest absolute Gasteiger partial charge is 0.506 e. The highest BCUT2D eigenvalue weighted by Crippen LogP contribution is 2.42. The maximum atomic E-state index is 10.4. The van der Waals surface area contributed by atoms with Gasteiger partial charge in [-0.2, -0.15) is 0 Å². The molecular formula is C18H29N3O3. The summed E-state index contributed by atoms with van der Waals surface area (Å²) in [5, 5.41) is 29.9. The number of likely N-dealkylation sites (N-methyl/N-ethyl adjacent to an activating group) is 1. The Morgan fingerprint density at radius 1 is 1.29 bits per heavy atom. The molecule has 3 rings (SSSR count). The van der Waals surface area contributed by atoms with Gasteiger partial charge in [0.05, 0.1) is 18.9 Å². The van der Waals surface area contributed by atoms with E-state index in [4.69, 9.17) is 0 Å². The molecule has 0 aliphatic carbocycles. The molecule has 0 unspecified atom stereocenters. The SMILES string of the molecule is Cc1ncc(CO)c(CN2CC[C@@]3(CO)CCCN(C)[C@@H]3C2)c1O. The second-order valence-corrected chi connectivity index (χ2v) is 7.46. The second-order valence-electron chi connectivity index (χ2n) is 7.46. The molecule has 2 saturated heterocycles. The van der Waals surface area contributed by atoms with Gasteiger partial charge in [0.25, 0.3) is 0 Å². The Hall–Kier alpha value is -1.21. The minimum absolute atomic E-state index is 0.0134. The third-order valence-corrected chi connectivity index (χ3v) is 6.08. The second kappa shape index (κ2) is 6.96. The molecule has 0 saturated carbocycles. The molecule has 1 aromatic rings. The molecule has 24 heavy (non-hydrogen) atoms. The minimum atomic E-state index is -0.117. The Balaban J connectivity index is 1.80. The first-order valence-electron chi connectivity index (χ1n) is 8.81. The van der Waals surface area contributed by atoms with E-state index in [1.54, 1.807) is 13.1 Å². The van der Waals surface area contributed by atoms with Gasteiger partial charge in [-0.25, -0.2) is 0 Å². The Labute approximate surface area is 143 Å². The summed E-state index contributed by atoms with van der Waals surface area (Å²) in [6, 6.07) is 0.340. The van der Waals surface area contributed by atoms with Crippen LogP contribution in [0.4, 0.5) is 0 Å². The molecule has 2 atom stereocenters. The number of nitrogens with zero attached hydrogens (tertiary/aromatic N) is 3. The Bertz CT molecular complexity index is 595. The molecule has 0 spiro atoms. The zero-order valence-electron chi connectivity index (χ0n) is 14.7. The van der Waals surface area contributed by atoms with Crippen LogP contribution in [0.15, 0.2) is 6.20 Å². The van der Waals surface area contributed by atoms with Crippen molar-refractivity contribution in [2.24, 2.45) is 5.41 Å². The van der Waals surface area contributed by atoms with Crippen LogP contribution in [0.25, 0.3) is 0 Å². The van der Waals surface area contributed by atoms with Crippen LogP contribution >= 0.6 is 0 Å². The molecule has 2 aliphatic heterocycles. The van der Waals surface area contributed by atoms with Crippen molar-refractivity contribution < 1.29 is 15.3 Å². The van der Waals surface area contributed by atoms with Crippen molar-refractivity contribution >= 4 is 0 Å². The maximum Gasteiger partial charge on any atom is 0.141 e. The molecule has 3 heterocycles. The average molecular weight is 335 g/mol. The van der Waals surface area contributed by atoms with Crippen LogP contribution in [-0.4, -0.2) is 69.4 Å². The fourth-order valence-electron chi connectivity index (χ4n) is 4.44. The summed E-state index contributed by atoms with van der Waals surface area (Å²) in [4.78, 5) is 8.83. The van der Waals surface area contributed by atoms with Gasteiger partial charge >= 0.3 is 0 Å². The molecule has 134 valence electrons. The summed E-state index contributed by atoms with van der Waals surface area (Å²) in [5.74, 6) is 0.192. The molecule has 6 nitrogen and oxygen atoms in total. The molecule has 0 bridgehead atoms. The van der Waals surface area contributed by atoms with Crippen LogP contribution in [0, 0.1) is 12.3 Å². The number of aromatic nitrogens is 1. The van der Waals surface area contributed by atoms with E-state index in [0.29, 0.717) is 23.8 Å². The minimum Gasteiger partial charge on any atom is -0.506 e. The fraction of sp³-hybridized carbons (Fsp3) is 0.722. The Kier molecular flexibility index (Phi) is 5.11. The van der Waals surface area contributed by atoms with Crippen molar-refractivity contribution in [3.63, 3.8) is 0 Å². The van der Waals surface area contributed by atoms with E-state index in [1.165, 1.54) is 0 Å². The number of aromatic hydroxyl groups is 1. The van der Waals surface area contributed by atoms with Crippen LogP contribution in [-0.2, 0) is 13.2 Å². The smallest absolute Gasteiger partial charge is 0.141 e. The molecule has 0 amide bonds. The molecule has 2 fully saturated rings. The van der Waals surface area contributed by atoms with Crippen LogP contribution in [0.2, 0.25) is 0 Å². The summed E-state index contributed by atoms with van der Waals surface area (Å²) in [6.07, 6.45) is 4.86. The van der Waals surface area contributed by atoms with E-state index in [0.717, 1.165) is 44.5 Å². The predicted molar refractivity (Wildman–Crippen MR) is 91.6 cm³/mol. The van der Waals surface area contributed by atoms with Gasteiger partial charge in [0.2, 0.25) is 0 Å². The van der Waals surface area contributed by atoms with E-state index >= 15 is 0 Å². The van der Waals surface area contributed by atoms with Crippen LogP contribution in [0.3, 0.4) is 0 Å². The number of aliphatic hydroxyl groups is 2. The molecule has 6 heteroatoms. The number of piperidine rings is 2. The fourth-order valence-corrected chi connectivity index (χ4v) is 4.44. The Morgan fingerprint density at radius 2 is 2.08 bits per heavy atom. The summed E-state index contributed by atoms with van der Waals surface area (Å²) in [5.41, 5.74) is 2.08. The van der Waals surface area contributed by atoms with Gasteiger partial charge in [-0.1, -0.05) is 0 Å². The molecule has 1 aromatic heterocycles. The maximum absolute atomic E-state index is 10.4. The lowest BCUT2D eigenvalue weighted by Crippen LogP contribution is -2.61. The lowest BCUT2D eigenvalue weighted by Gasteiger charge is -2.53. The highest BCUT2D eigenvalue weighted by Gasteiger charge is 2.46. The van der Waals surface area contributed by atoms with Gasteiger partial charge in [0.1, 0.15) is 5.75 Å². The quantitative estimate of drug-likeness (QED) is 0.758. The van der Waals surface area contributed by atoms with Gasteiger partial charge in [-0.3, -0.25) is 9.88 Å². The lowest BCUT2D eigenvalue weighted by atomic mass is 9.69. The first kappa shape index (κ1) is 17.6. The summed E-state index contributed by atoms with van der Waals surface area (Å²) in [6.45, 7) is 5.37. The number of rotatable bonds is 4. The van der Waals surface area contributed by atoms with Crippen molar-refractivity contribution in [3.8, 4) is 5.75 Å². The van der Waals surface area contributed by atoms with Crippen LogP contribution in [0.1, 0.15) is 36.1 Å². The zero-order chi connectivity index (χ0) is 17.3. The van der Waals surface area contributed by atoms with Gasteiger partial charge in [-0.05, 0) is 46.3 Å². The number of hydrogen-bond donors (Lipinski definition) is 3. The van der Waals surface area contributed by atoms with E-state index in [-0.39, 0.29) is 24.4 Å². The number of likely N-dealkylation sites (tertiary alicyclic amines) is 2. The number of fused-ring (bicyclic) bond motifs is 1. The third-order valence-electron chi connectivity index (χ3n) is 6.08. The van der Waals surface area contributed by atoms with Crippen molar-refractivity contribution in [3.05, 3.63) is 23.0 Å². The van der Waals surface area contributed by atoms with Gasteiger partial charge < -0.3 is 20.2 Å². The standard InChI is InChI=1S/C18H29N3O3/c1-13-17(24)15(14(11-22)8-19-13)9-21-7-5-18(12-23)4-3-6-20(2)16(18)10-21/h8,16,22-24H,3-7,9-12H2,1-2H3/t16-,18-/m1/s1. The van der Waals surface area contributed by atoms with Crippen molar-refractivity contribution in [1.82, 2.24) is 14.8 Å². The van der Waals surface area contributed by atoms with Gasteiger partial charge in [-0.15, -0.1) is 0 Å². The zero-order valence-corrected chi connectivity index (χ0v) is 14.7. The third kappa shape index (κ3) is 3.04. The summed E-state index contributed by atoms with van der Waals surface area (Å²) in [7, 11) is 2.14. The van der Waals surface area contributed by atoms with Crippen molar-refractivity contribution in [2.75, 3.05) is 33.3 Å². The number of aryl methyl sites for hydroxylation is 1. The molecular weight excluding hydrogens is 306 g/mol. The normalized spacial score (nSPS) is 28.8. The summed E-state index contributed by atoms with van der Waals surface area (Å²) < 4.78 is 0. The molecule has 0 radical (unpaired) electrons. The number of pyridine rings is 1.